The predicted octanol–water partition coefficient (Wildman–Crippen LogP) is 2.75. The van der Waals surface area contributed by atoms with Crippen LogP contribution in [0.2, 0.25) is 0 Å². The summed E-state index contributed by atoms with van der Waals surface area (Å²) in [4.78, 5) is 17.5. The van der Waals surface area contributed by atoms with Gasteiger partial charge in [0.25, 0.3) is 0 Å². The maximum atomic E-state index is 12.6. The van der Waals surface area contributed by atoms with Gasteiger partial charge in [-0.1, -0.05) is 36.3 Å². The van der Waals surface area contributed by atoms with Crippen LogP contribution in [-0.4, -0.2) is 52.9 Å². The number of hydrogen-bond donors (Lipinski definition) is 1. The van der Waals surface area contributed by atoms with E-state index in [-0.39, 0.29) is 44.0 Å². The van der Waals surface area contributed by atoms with Crippen LogP contribution >= 0.6 is 0 Å². The van der Waals surface area contributed by atoms with E-state index in [1.165, 1.54) is 12.0 Å². The summed E-state index contributed by atoms with van der Waals surface area (Å²) in [6.45, 7) is 2.40. The predicted molar refractivity (Wildman–Crippen MR) is 92.9 cm³/mol. The van der Waals surface area contributed by atoms with Gasteiger partial charge in [0.05, 0.1) is 19.1 Å². The van der Waals surface area contributed by atoms with Crippen LogP contribution < -0.4 is 0 Å². The molecule has 1 aromatic heterocycles. The molecule has 7 nitrogen and oxygen atoms in total. The molecule has 0 aliphatic rings. The Morgan fingerprint density at radius 1 is 1.32 bits per heavy atom. The van der Waals surface area contributed by atoms with E-state index in [1.807, 2.05) is 6.92 Å². The summed E-state index contributed by atoms with van der Waals surface area (Å²) >= 11 is 0. The van der Waals surface area contributed by atoms with Crippen molar-refractivity contribution < 1.29 is 32.3 Å². The van der Waals surface area contributed by atoms with Crippen molar-refractivity contribution in [2.75, 3.05) is 26.9 Å². The van der Waals surface area contributed by atoms with Gasteiger partial charge in [-0.25, -0.2) is 0 Å². The molecule has 154 valence electrons. The second-order valence-corrected chi connectivity index (χ2v) is 6.16. The van der Waals surface area contributed by atoms with Crippen molar-refractivity contribution in [2.24, 2.45) is 5.92 Å². The number of carbonyl (C=O) groups excluding carboxylic acids is 1. The van der Waals surface area contributed by atoms with Crippen LogP contribution in [0.4, 0.5) is 13.2 Å². The first-order valence-electron chi connectivity index (χ1n) is 8.69. The van der Waals surface area contributed by atoms with Crippen LogP contribution in [0, 0.1) is 5.92 Å². The maximum Gasteiger partial charge on any atom is 0.471 e. The van der Waals surface area contributed by atoms with Crippen LogP contribution in [0.25, 0.3) is 11.4 Å². The fourth-order valence-corrected chi connectivity index (χ4v) is 2.65. The minimum Gasteiger partial charge on any atom is -0.395 e. The number of hydrogen-bond acceptors (Lipinski definition) is 6. The van der Waals surface area contributed by atoms with E-state index in [9.17, 15) is 23.1 Å². The SMILES string of the molecule is CCC(COC)C(=O)N(CCO)Cc1ccc(-c2noc(C(F)(F)F)n2)cc1. The number of amides is 1. The first kappa shape index (κ1) is 21.8. The minimum atomic E-state index is -4.70. The number of aliphatic hydroxyl groups is 1. The Bertz CT molecular complexity index is 762. The van der Waals surface area contributed by atoms with Crippen molar-refractivity contribution in [2.45, 2.75) is 26.1 Å². The van der Waals surface area contributed by atoms with E-state index in [0.29, 0.717) is 12.0 Å². The molecule has 10 heteroatoms. The zero-order valence-corrected chi connectivity index (χ0v) is 15.6. The molecular weight excluding hydrogens is 379 g/mol. The number of aliphatic hydroxyl groups excluding tert-OH is 1. The third-order valence-corrected chi connectivity index (χ3v) is 4.15. The molecule has 0 radical (unpaired) electrons. The summed E-state index contributed by atoms with van der Waals surface area (Å²) in [5, 5.41) is 12.6. The molecule has 0 saturated carbocycles. The molecule has 0 saturated heterocycles. The second kappa shape index (κ2) is 9.65. The number of benzene rings is 1. The molecule has 1 heterocycles. The zero-order chi connectivity index (χ0) is 20.7. The number of carbonyl (C=O) groups is 1. The van der Waals surface area contributed by atoms with Gasteiger partial charge in [-0.05, 0) is 12.0 Å². The second-order valence-electron chi connectivity index (χ2n) is 6.16. The van der Waals surface area contributed by atoms with Gasteiger partial charge < -0.3 is 19.3 Å². The van der Waals surface area contributed by atoms with Gasteiger partial charge in [0.2, 0.25) is 11.7 Å². The first-order valence-corrected chi connectivity index (χ1v) is 8.69. The molecular formula is C18H22F3N3O4. The van der Waals surface area contributed by atoms with Crippen LogP contribution in [0.3, 0.4) is 0 Å². The highest BCUT2D eigenvalue weighted by molar-refractivity contribution is 5.79. The normalized spacial score (nSPS) is 12.8. The molecule has 0 aliphatic carbocycles. The number of rotatable bonds is 9. The molecule has 0 bridgehead atoms. The number of nitrogens with zero attached hydrogens (tertiary/aromatic N) is 3. The van der Waals surface area contributed by atoms with Crippen LogP contribution in [0.5, 0.6) is 0 Å². The number of aromatic nitrogens is 2. The highest BCUT2D eigenvalue weighted by Gasteiger charge is 2.38. The van der Waals surface area contributed by atoms with Crippen molar-refractivity contribution in [3.05, 3.63) is 35.7 Å². The minimum absolute atomic E-state index is 0.129. The molecule has 28 heavy (non-hydrogen) atoms. The van der Waals surface area contributed by atoms with Crippen LogP contribution in [0.15, 0.2) is 28.8 Å². The van der Waals surface area contributed by atoms with Gasteiger partial charge in [-0.15, -0.1) is 0 Å². The Labute approximate surface area is 160 Å². The van der Waals surface area contributed by atoms with Gasteiger partial charge >= 0.3 is 12.1 Å². The largest absolute Gasteiger partial charge is 0.471 e. The number of alkyl halides is 3. The van der Waals surface area contributed by atoms with Gasteiger partial charge in [-0.3, -0.25) is 4.79 Å². The number of methoxy groups -OCH3 is 1. The molecule has 1 atom stereocenters. The topological polar surface area (TPSA) is 88.7 Å². The highest BCUT2D eigenvalue weighted by Crippen LogP contribution is 2.29. The maximum absolute atomic E-state index is 12.6. The number of ether oxygens (including phenoxy) is 1. The molecule has 1 amide bonds. The van der Waals surface area contributed by atoms with Gasteiger partial charge in [-0.2, -0.15) is 18.2 Å². The lowest BCUT2D eigenvalue weighted by molar-refractivity contribution is -0.159. The molecule has 1 N–H and O–H groups in total. The zero-order valence-electron chi connectivity index (χ0n) is 15.6. The van der Waals surface area contributed by atoms with Crippen LogP contribution in [0.1, 0.15) is 24.8 Å². The van der Waals surface area contributed by atoms with Gasteiger partial charge in [0.1, 0.15) is 0 Å². The molecule has 0 fully saturated rings. The van der Waals surface area contributed by atoms with Crippen LogP contribution in [-0.2, 0) is 22.3 Å². The summed E-state index contributed by atoms with van der Waals surface area (Å²) in [5.74, 6) is -2.02. The molecule has 2 aromatic rings. The lowest BCUT2D eigenvalue weighted by Gasteiger charge is -2.26. The summed E-state index contributed by atoms with van der Waals surface area (Å²) in [7, 11) is 1.52. The molecule has 1 unspecified atom stereocenters. The van der Waals surface area contributed by atoms with E-state index < -0.39 is 12.1 Å². The Hall–Kier alpha value is -2.46. The fourth-order valence-electron chi connectivity index (χ4n) is 2.65. The van der Waals surface area contributed by atoms with Crippen molar-refractivity contribution in [3.8, 4) is 11.4 Å². The Morgan fingerprint density at radius 3 is 2.50 bits per heavy atom. The molecule has 0 aliphatic heterocycles. The first-order chi connectivity index (χ1) is 13.3. The van der Waals surface area contributed by atoms with E-state index in [4.69, 9.17) is 4.74 Å². The lowest BCUT2D eigenvalue weighted by Crippen LogP contribution is -2.39. The third kappa shape index (κ3) is 5.52. The Kier molecular flexibility index (Phi) is 7.53. The van der Waals surface area contributed by atoms with Gasteiger partial charge in [0.15, 0.2) is 0 Å². The molecule has 1 aromatic carbocycles. The summed E-state index contributed by atoms with van der Waals surface area (Å²) in [6.07, 6.45) is -4.10. The van der Waals surface area contributed by atoms with Crippen molar-refractivity contribution in [1.29, 1.82) is 0 Å². The summed E-state index contributed by atoms with van der Waals surface area (Å²) in [6, 6.07) is 6.42. The van der Waals surface area contributed by atoms with Crippen molar-refractivity contribution in [3.63, 3.8) is 0 Å². The van der Waals surface area contributed by atoms with Gasteiger partial charge in [0, 0.05) is 25.8 Å². The van der Waals surface area contributed by atoms with Crippen molar-refractivity contribution in [1.82, 2.24) is 15.0 Å². The van der Waals surface area contributed by atoms with E-state index >= 15 is 0 Å². The Balaban J connectivity index is 2.12. The lowest BCUT2D eigenvalue weighted by atomic mass is 10.0. The summed E-state index contributed by atoms with van der Waals surface area (Å²) in [5.41, 5.74) is 1.10. The van der Waals surface area contributed by atoms with E-state index in [1.54, 1.807) is 24.3 Å². The fraction of sp³-hybridized carbons (Fsp3) is 0.500. The van der Waals surface area contributed by atoms with Crippen molar-refractivity contribution >= 4 is 5.91 Å². The Morgan fingerprint density at radius 2 is 2.00 bits per heavy atom. The quantitative estimate of drug-likeness (QED) is 0.695. The number of halogens is 3. The average Bonchev–Trinajstić information content (AvgIpc) is 3.16. The standard InChI is InChI=1S/C18H22F3N3O4/c1-3-13(11-27-2)16(26)24(8-9-25)10-12-4-6-14(7-5-12)15-22-17(28-23-15)18(19,20)21/h4-7,13,25H,3,8-11H2,1-2H3. The monoisotopic (exact) mass is 401 g/mol. The smallest absolute Gasteiger partial charge is 0.395 e. The third-order valence-electron chi connectivity index (χ3n) is 4.15. The molecule has 2 rings (SSSR count). The van der Waals surface area contributed by atoms with E-state index in [0.717, 1.165) is 5.56 Å². The highest BCUT2D eigenvalue weighted by atomic mass is 19.4. The van der Waals surface area contributed by atoms with E-state index in [2.05, 4.69) is 14.7 Å². The molecule has 0 spiro atoms. The average molecular weight is 401 g/mol. The summed E-state index contributed by atoms with van der Waals surface area (Å²) < 4.78 is 47.0.